The van der Waals surface area contributed by atoms with Crippen LogP contribution in [-0.2, 0) is 11.3 Å². The van der Waals surface area contributed by atoms with Gasteiger partial charge in [-0.15, -0.1) is 0 Å². The lowest BCUT2D eigenvalue weighted by molar-refractivity contribution is -0.127. The molecule has 1 fully saturated rings. The van der Waals surface area contributed by atoms with Crippen molar-refractivity contribution >= 4 is 5.91 Å². The monoisotopic (exact) mass is 347 g/mol. The van der Waals surface area contributed by atoms with Crippen molar-refractivity contribution in [3.05, 3.63) is 35.9 Å². The number of carbonyl (C=O) groups is 1. The van der Waals surface area contributed by atoms with Gasteiger partial charge in [0.2, 0.25) is 5.91 Å². The minimum atomic E-state index is -0.800. The minimum Gasteiger partial charge on any atom is -0.389 e. The van der Waals surface area contributed by atoms with E-state index in [4.69, 9.17) is 0 Å². The summed E-state index contributed by atoms with van der Waals surface area (Å²) in [6, 6.07) is 10.5. The number of likely N-dealkylation sites (N-methyl/N-ethyl adjacent to an activating group) is 1. The highest BCUT2D eigenvalue weighted by Gasteiger charge is 2.26. The van der Waals surface area contributed by atoms with E-state index < -0.39 is 5.60 Å². The average molecular weight is 348 g/mol. The molecule has 1 aromatic carbocycles. The molecule has 0 spiro atoms. The summed E-state index contributed by atoms with van der Waals surface area (Å²) < 4.78 is 0. The Morgan fingerprint density at radius 3 is 2.48 bits per heavy atom. The summed E-state index contributed by atoms with van der Waals surface area (Å²) in [5.41, 5.74) is 0.540. The Kier molecular flexibility index (Phi) is 6.99. The molecule has 2 rings (SSSR count). The zero-order valence-corrected chi connectivity index (χ0v) is 16.0. The zero-order chi connectivity index (χ0) is 18.4. The molecule has 25 heavy (non-hydrogen) atoms. The molecule has 5 heteroatoms. The van der Waals surface area contributed by atoms with Crippen molar-refractivity contribution in [1.29, 1.82) is 0 Å². The van der Waals surface area contributed by atoms with E-state index >= 15 is 0 Å². The van der Waals surface area contributed by atoms with Gasteiger partial charge in [0, 0.05) is 32.2 Å². The van der Waals surface area contributed by atoms with Gasteiger partial charge in [-0.1, -0.05) is 30.3 Å². The minimum absolute atomic E-state index is 0.0493. The number of likely N-dealkylation sites (tertiary alicyclic amines) is 1. The Hall–Kier alpha value is -1.43. The summed E-state index contributed by atoms with van der Waals surface area (Å²) in [5, 5.41) is 13.1. The van der Waals surface area contributed by atoms with Crippen LogP contribution >= 0.6 is 0 Å². The van der Waals surface area contributed by atoms with Crippen molar-refractivity contribution in [3.63, 3.8) is 0 Å². The Bertz CT molecular complexity index is 534. The van der Waals surface area contributed by atoms with Gasteiger partial charge in [0.1, 0.15) is 0 Å². The summed E-state index contributed by atoms with van der Waals surface area (Å²) in [6.45, 7) is 8.88. The van der Waals surface area contributed by atoms with E-state index in [0.29, 0.717) is 6.54 Å². The molecule has 140 valence electrons. The van der Waals surface area contributed by atoms with Crippen LogP contribution in [-0.4, -0.2) is 65.2 Å². The first kappa shape index (κ1) is 19.9. The molecule has 5 nitrogen and oxygen atoms in total. The van der Waals surface area contributed by atoms with Crippen LogP contribution < -0.4 is 5.32 Å². The van der Waals surface area contributed by atoms with Crippen LogP contribution in [0.15, 0.2) is 30.3 Å². The number of amides is 1. The first-order valence-electron chi connectivity index (χ1n) is 9.24. The second kappa shape index (κ2) is 8.79. The van der Waals surface area contributed by atoms with Crippen molar-refractivity contribution in [2.24, 2.45) is 0 Å². The van der Waals surface area contributed by atoms with Gasteiger partial charge in [0.25, 0.3) is 0 Å². The molecule has 1 aliphatic rings. The Balaban J connectivity index is 1.74. The third-order valence-corrected chi connectivity index (χ3v) is 4.86. The maximum Gasteiger partial charge on any atom is 0.237 e. The van der Waals surface area contributed by atoms with Gasteiger partial charge in [-0.05, 0) is 46.2 Å². The maximum atomic E-state index is 12.5. The fraction of sp³-hybridized carbons (Fsp3) is 0.650. The summed E-state index contributed by atoms with van der Waals surface area (Å²) in [5.74, 6) is 0.0493. The van der Waals surface area contributed by atoms with Gasteiger partial charge in [0.15, 0.2) is 0 Å². The van der Waals surface area contributed by atoms with Gasteiger partial charge in [-0.3, -0.25) is 14.6 Å². The molecule has 0 aromatic heterocycles. The summed E-state index contributed by atoms with van der Waals surface area (Å²) in [7, 11) is 1.88. The number of carbonyl (C=O) groups excluding carboxylic acids is 1. The molecule has 1 saturated heterocycles. The third kappa shape index (κ3) is 6.77. The number of nitrogens with zero attached hydrogens (tertiary/aromatic N) is 2. The van der Waals surface area contributed by atoms with Gasteiger partial charge in [-0.2, -0.15) is 0 Å². The molecule has 1 atom stereocenters. The van der Waals surface area contributed by atoms with E-state index in [2.05, 4.69) is 34.5 Å². The molecule has 1 aromatic rings. The lowest BCUT2D eigenvalue weighted by atomic mass is 10.0. The first-order valence-corrected chi connectivity index (χ1v) is 9.24. The average Bonchev–Trinajstić information content (AvgIpc) is 2.55. The largest absolute Gasteiger partial charge is 0.389 e. The van der Waals surface area contributed by atoms with E-state index in [0.717, 1.165) is 32.5 Å². The Morgan fingerprint density at radius 1 is 1.32 bits per heavy atom. The van der Waals surface area contributed by atoms with Gasteiger partial charge in [-0.25, -0.2) is 0 Å². The first-order chi connectivity index (χ1) is 11.7. The molecule has 0 radical (unpaired) electrons. The van der Waals surface area contributed by atoms with Crippen LogP contribution in [0.3, 0.4) is 0 Å². The van der Waals surface area contributed by atoms with Crippen molar-refractivity contribution in [2.75, 3.05) is 26.7 Å². The third-order valence-electron chi connectivity index (χ3n) is 4.86. The molecule has 0 bridgehead atoms. The Labute approximate surface area is 152 Å². The number of aliphatic hydroxyl groups is 1. The van der Waals surface area contributed by atoms with Gasteiger partial charge >= 0.3 is 0 Å². The maximum absolute atomic E-state index is 12.5. The van der Waals surface area contributed by atoms with Crippen molar-refractivity contribution in [3.8, 4) is 0 Å². The summed E-state index contributed by atoms with van der Waals surface area (Å²) in [4.78, 5) is 16.8. The van der Waals surface area contributed by atoms with Crippen LogP contribution in [0.2, 0.25) is 0 Å². The van der Waals surface area contributed by atoms with E-state index in [1.54, 1.807) is 13.8 Å². The van der Waals surface area contributed by atoms with Gasteiger partial charge < -0.3 is 10.4 Å². The van der Waals surface area contributed by atoms with E-state index in [-0.39, 0.29) is 18.0 Å². The highest BCUT2D eigenvalue weighted by atomic mass is 16.3. The van der Waals surface area contributed by atoms with E-state index in [1.807, 2.05) is 24.9 Å². The SMILES string of the molecule is CC(C(=O)NC1CCN(Cc2ccccc2)CC1)N(C)CC(C)(C)O. The highest BCUT2D eigenvalue weighted by molar-refractivity contribution is 5.81. The molecule has 2 N–H and O–H groups in total. The second-order valence-electron chi connectivity index (χ2n) is 7.95. The quantitative estimate of drug-likeness (QED) is 0.790. The second-order valence-corrected chi connectivity index (χ2v) is 7.95. The van der Waals surface area contributed by atoms with E-state index in [1.165, 1.54) is 5.56 Å². The number of piperidine rings is 1. The highest BCUT2D eigenvalue weighted by Crippen LogP contribution is 2.14. The number of benzene rings is 1. The van der Waals surface area contributed by atoms with E-state index in [9.17, 15) is 9.90 Å². The van der Waals surface area contributed by atoms with Crippen LogP contribution in [0.4, 0.5) is 0 Å². The lowest BCUT2D eigenvalue weighted by Crippen LogP contribution is -2.52. The van der Waals surface area contributed by atoms with Crippen LogP contribution in [0.25, 0.3) is 0 Å². The standard InChI is InChI=1S/C20H33N3O2/c1-16(22(4)15-20(2,3)25)19(24)21-18-10-12-23(13-11-18)14-17-8-6-5-7-9-17/h5-9,16,18,25H,10-15H2,1-4H3,(H,21,24). The van der Waals surface area contributed by atoms with Crippen LogP contribution in [0.5, 0.6) is 0 Å². The molecule has 1 heterocycles. The lowest BCUT2D eigenvalue weighted by Gasteiger charge is -2.34. The molecular weight excluding hydrogens is 314 g/mol. The fourth-order valence-corrected chi connectivity index (χ4v) is 3.35. The molecule has 1 aliphatic heterocycles. The van der Waals surface area contributed by atoms with Gasteiger partial charge in [0.05, 0.1) is 11.6 Å². The summed E-state index contributed by atoms with van der Waals surface area (Å²) in [6.07, 6.45) is 1.97. The molecule has 0 saturated carbocycles. The number of hydrogen-bond acceptors (Lipinski definition) is 4. The molecule has 1 unspecified atom stereocenters. The number of hydrogen-bond donors (Lipinski definition) is 2. The predicted molar refractivity (Wildman–Crippen MR) is 101 cm³/mol. The smallest absolute Gasteiger partial charge is 0.237 e. The van der Waals surface area contributed by atoms with Crippen LogP contribution in [0, 0.1) is 0 Å². The molecular formula is C20H33N3O2. The van der Waals surface area contributed by atoms with Crippen molar-refractivity contribution in [2.45, 2.75) is 57.8 Å². The molecule has 1 amide bonds. The van der Waals surface area contributed by atoms with Crippen molar-refractivity contribution < 1.29 is 9.90 Å². The normalized spacial score (nSPS) is 18.3. The predicted octanol–water partition coefficient (Wildman–Crippen LogP) is 1.86. The molecule has 0 aliphatic carbocycles. The van der Waals surface area contributed by atoms with Crippen LogP contribution in [0.1, 0.15) is 39.2 Å². The van der Waals surface area contributed by atoms with Crippen molar-refractivity contribution in [1.82, 2.24) is 15.1 Å². The number of nitrogens with one attached hydrogen (secondary N) is 1. The Morgan fingerprint density at radius 2 is 1.92 bits per heavy atom. The number of rotatable bonds is 7. The zero-order valence-electron chi connectivity index (χ0n) is 16.0. The topological polar surface area (TPSA) is 55.8 Å². The fourth-order valence-electron chi connectivity index (χ4n) is 3.35. The summed E-state index contributed by atoms with van der Waals surface area (Å²) >= 11 is 0.